The molecule has 0 unspecified atom stereocenters. The minimum atomic E-state index is -1.00. The summed E-state index contributed by atoms with van der Waals surface area (Å²) in [5, 5.41) is 12.5. The van der Waals surface area contributed by atoms with Crippen molar-refractivity contribution in [3.8, 4) is 0 Å². The smallest absolute Gasteiger partial charge is 0.305 e. The number of benzene rings is 1. The van der Waals surface area contributed by atoms with Gasteiger partial charge in [-0.1, -0.05) is 28.1 Å². The fourth-order valence-corrected chi connectivity index (χ4v) is 2.84. The first-order chi connectivity index (χ1) is 11.9. The molecule has 1 amide bonds. The number of aromatic nitrogens is 3. The summed E-state index contributed by atoms with van der Waals surface area (Å²) in [7, 11) is 0. The number of fused-ring (bicyclic) bond motifs is 1. The van der Waals surface area contributed by atoms with E-state index in [2.05, 4.69) is 36.2 Å². The van der Waals surface area contributed by atoms with Gasteiger partial charge in [0.25, 0.3) is 5.91 Å². The van der Waals surface area contributed by atoms with Crippen LogP contribution in [0.2, 0.25) is 0 Å². The molecule has 128 valence electrons. The fraction of sp³-hybridized carbons (Fsp3) is 0.176. The second-order valence-electron chi connectivity index (χ2n) is 5.53. The van der Waals surface area contributed by atoms with E-state index in [4.69, 9.17) is 0 Å². The molecule has 7 nitrogen and oxygen atoms in total. The van der Waals surface area contributed by atoms with Gasteiger partial charge in [-0.3, -0.25) is 9.59 Å². The molecule has 25 heavy (non-hydrogen) atoms. The zero-order valence-electron chi connectivity index (χ0n) is 13.3. The Morgan fingerprint density at radius 1 is 1.24 bits per heavy atom. The predicted octanol–water partition coefficient (Wildman–Crippen LogP) is 2.97. The lowest BCUT2D eigenvalue weighted by Crippen LogP contribution is -2.31. The van der Waals surface area contributed by atoms with Crippen LogP contribution in [-0.2, 0) is 4.79 Å². The summed E-state index contributed by atoms with van der Waals surface area (Å²) in [5.41, 5.74) is 1.49. The zero-order valence-corrected chi connectivity index (χ0v) is 14.9. The van der Waals surface area contributed by atoms with Crippen LogP contribution < -0.4 is 5.32 Å². The normalized spacial score (nSPS) is 12.1. The number of aliphatic carboxylic acids is 1. The summed E-state index contributed by atoms with van der Waals surface area (Å²) in [6, 6.07) is 8.20. The minimum Gasteiger partial charge on any atom is -0.481 e. The third kappa shape index (κ3) is 3.85. The summed E-state index contributed by atoms with van der Waals surface area (Å²) in [5.74, 6) is -0.985. The molecule has 0 aliphatic rings. The number of aromatic amines is 1. The Balaban J connectivity index is 1.92. The van der Waals surface area contributed by atoms with Gasteiger partial charge >= 0.3 is 5.97 Å². The maximum atomic E-state index is 12.7. The second-order valence-corrected chi connectivity index (χ2v) is 6.45. The first kappa shape index (κ1) is 17.1. The largest absolute Gasteiger partial charge is 0.481 e. The lowest BCUT2D eigenvalue weighted by molar-refractivity contribution is -0.137. The van der Waals surface area contributed by atoms with Crippen LogP contribution in [-0.4, -0.2) is 31.9 Å². The predicted molar refractivity (Wildman–Crippen MR) is 95.2 cm³/mol. The van der Waals surface area contributed by atoms with Crippen molar-refractivity contribution in [2.24, 2.45) is 0 Å². The highest BCUT2D eigenvalue weighted by molar-refractivity contribution is 9.10. The highest BCUT2D eigenvalue weighted by atomic mass is 79.9. The molecule has 0 saturated heterocycles. The molecule has 0 bridgehead atoms. The molecule has 3 aromatic rings. The molecular weight excluding hydrogens is 388 g/mol. The highest BCUT2D eigenvalue weighted by Crippen LogP contribution is 2.21. The lowest BCUT2D eigenvalue weighted by atomic mass is 10.0. The number of aryl methyl sites for hydroxylation is 1. The van der Waals surface area contributed by atoms with Crippen molar-refractivity contribution in [1.82, 2.24) is 20.3 Å². The molecule has 0 saturated carbocycles. The Labute approximate surface area is 151 Å². The van der Waals surface area contributed by atoms with Crippen molar-refractivity contribution in [2.75, 3.05) is 0 Å². The first-order valence-corrected chi connectivity index (χ1v) is 8.33. The average Bonchev–Trinajstić information content (AvgIpc) is 3.01. The summed E-state index contributed by atoms with van der Waals surface area (Å²) >= 11 is 3.34. The molecule has 3 N–H and O–H groups in total. The number of hydrogen-bond acceptors (Lipinski definition) is 4. The molecule has 1 aromatic carbocycles. The first-order valence-electron chi connectivity index (χ1n) is 7.54. The van der Waals surface area contributed by atoms with Crippen molar-refractivity contribution in [2.45, 2.75) is 19.4 Å². The van der Waals surface area contributed by atoms with Crippen LogP contribution in [0.25, 0.3) is 11.0 Å². The maximum Gasteiger partial charge on any atom is 0.305 e. The lowest BCUT2D eigenvalue weighted by Gasteiger charge is -2.17. The van der Waals surface area contributed by atoms with Gasteiger partial charge in [-0.25, -0.2) is 9.97 Å². The van der Waals surface area contributed by atoms with Crippen LogP contribution in [0.3, 0.4) is 0 Å². The van der Waals surface area contributed by atoms with Gasteiger partial charge in [0.1, 0.15) is 17.2 Å². The van der Waals surface area contributed by atoms with Gasteiger partial charge in [-0.15, -0.1) is 0 Å². The topological polar surface area (TPSA) is 108 Å². The molecule has 2 aromatic heterocycles. The summed E-state index contributed by atoms with van der Waals surface area (Å²) in [4.78, 5) is 35.3. The molecular formula is C17H15BrN4O3. The van der Waals surface area contributed by atoms with Crippen molar-refractivity contribution in [3.63, 3.8) is 0 Å². The summed E-state index contributed by atoms with van der Waals surface area (Å²) < 4.78 is 0.872. The maximum absolute atomic E-state index is 12.7. The Morgan fingerprint density at radius 3 is 2.64 bits per heavy atom. The number of carbonyl (C=O) groups is 2. The van der Waals surface area contributed by atoms with Crippen molar-refractivity contribution in [3.05, 3.63) is 58.1 Å². The molecule has 0 fully saturated rings. The van der Waals surface area contributed by atoms with Gasteiger partial charge in [-0.2, -0.15) is 0 Å². The number of hydrogen-bond donors (Lipinski definition) is 3. The number of carboxylic acids is 1. The highest BCUT2D eigenvalue weighted by Gasteiger charge is 2.22. The second kappa shape index (κ2) is 7.02. The van der Waals surface area contributed by atoms with Gasteiger partial charge in [0.05, 0.1) is 17.8 Å². The molecule has 0 spiro atoms. The Kier molecular flexibility index (Phi) is 4.80. The number of halogens is 1. The number of carboxylic acid groups (broad SMARTS) is 1. The third-order valence-corrected chi connectivity index (χ3v) is 4.23. The molecule has 1 atom stereocenters. The van der Waals surface area contributed by atoms with E-state index in [1.54, 1.807) is 43.5 Å². The monoisotopic (exact) mass is 402 g/mol. The number of rotatable bonds is 5. The van der Waals surface area contributed by atoms with Crippen LogP contribution in [0, 0.1) is 6.92 Å². The van der Waals surface area contributed by atoms with E-state index >= 15 is 0 Å². The molecule has 3 rings (SSSR count). The summed E-state index contributed by atoms with van der Waals surface area (Å²) in [6.45, 7) is 1.69. The molecule has 0 aliphatic carbocycles. The zero-order chi connectivity index (χ0) is 18.0. The van der Waals surface area contributed by atoms with Crippen LogP contribution in [0.5, 0.6) is 0 Å². The van der Waals surface area contributed by atoms with Gasteiger partial charge in [0.2, 0.25) is 0 Å². The van der Waals surface area contributed by atoms with Crippen LogP contribution in [0.4, 0.5) is 0 Å². The van der Waals surface area contributed by atoms with Gasteiger partial charge in [-0.05, 0) is 30.7 Å². The standard InChI is InChI=1S/C17H15BrN4O3/c1-9-20-15(12-6-7-19-16(12)21-9)17(25)22-13(8-14(23)24)10-2-4-11(18)5-3-10/h2-7,13H,8H2,1H3,(H,22,25)(H,23,24)(H,19,20,21)/t13-/m1/s1. The Morgan fingerprint density at radius 2 is 1.96 bits per heavy atom. The molecule has 0 radical (unpaired) electrons. The van der Waals surface area contributed by atoms with Crippen LogP contribution in [0.15, 0.2) is 41.0 Å². The number of amides is 1. The number of nitrogens with zero attached hydrogens (tertiary/aromatic N) is 2. The van der Waals surface area contributed by atoms with E-state index in [9.17, 15) is 14.7 Å². The van der Waals surface area contributed by atoms with Crippen LogP contribution >= 0.6 is 15.9 Å². The number of nitrogens with one attached hydrogen (secondary N) is 2. The molecule has 0 aliphatic heterocycles. The Hall–Kier alpha value is -2.74. The summed E-state index contributed by atoms with van der Waals surface area (Å²) in [6.07, 6.45) is 1.45. The SMILES string of the molecule is Cc1nc(C(=O)N[C@H](CC(=O)O)c2ccc(Br)cc2)c2cc[nH]c2n1. The van der Waals surface area contributed by atoms with E-state index in [1.165, 1.54) is 0 Å². The van der Waals surface area contributed by atoms with Gasteiger partial charge in [0, 0.05) is 10.7 Å². The van der Waals surface area contributed by atoms with Crippen LogP contribution in [0.1, 0.15) is 34.3 Å². The number of carbonyl (C=O) groups excluding carboxylic acids is 1. The van der Waals surface area contributed by atoms with Crippen molar-refractivity contribution in [1.29, 1.82) is 0 Å². The van der Waals surface area contributed by atoms with Gasteiger partial charge < -0.3 is 15.4 Å². The molecule has 8 heteroatoms. The minimum absolute atomic E-state index is 0.219. The van der Waals surface area contributed by atoms with E-state index in [0.717, 1.165) is 4.47 Å². The third-order valence-electron chi connectivity index (χ3n) is 3.70. The van der Waals surface area contributed by atoms with Gasteiger partial charge in [0.15, 0.2) is 0 Å². The molecule has 2 heterocycles. The fourth-order valence-electron chi connectivity index (χ4n) is 2.57. The van der Waals surface area contributed by atoms with E-state index in [1.807, 2.05) is 0 Å². The quantitative estimate of drug-likeness (QED) is 0.607. The van der Waals surface area contributed by atoms with E-state index < -0.39 is 17.9 Å². The van der Waals surface area contributed by atoms with Crippen molar-refractivity contribution < 1.29 is 14.7 Å². The number of H-pyrrole nitrogens is 1. The van der Waals surface area contributed by atoms with E-state index in [-0.39, 0.29) is 12.1 Å². The average molecular weight is 403 g/mol. The van der Waals surface area contributed by atoms with E-state index in [0.29, 0.717) is 22.4 Å². The Bertz CT molecular complexity index is 937. The van der Waals surface area contributed by atoms with Crippen molar-refractivity contribution >= 4 is 38.8 Å².